The van der Waals surface area contributed by atoms with Crippen molar-refractivity contribution in [2.75, 3.05) is 0 Å². The number of hydrogen-bond acceptors (Lipinski definition) is 4. The molecule has 4 heteroatoms. The molecule has 0 bridgehead atoms. The van der Waals surface area contributed by atoms with Crippen molar-refractivity contribution in [2.45, 2.75) is 115 Å². The van der Waals surface area contributed by atoms with Gasteiger partial charge in [0, 0.05) is 11.1 Å². The molecule has 4 N–H and O–H groups in total. The van der Waals surface area contributed by atoms with Crippen molar-refractivity contribution >= 4 is 0 Å². The Labute approximate surface area is 238 Å². The number of aromatic hydroxyl groups is 2. The van der Waals surface area contributed by atoms with Crippen LogP contribution in [0.15, 0.2) is 24.3 Å². The Hall–Kier alpha value is -2.04. The Balaban J connectivity index is 1.19. The van der Waals surface area contributed by atoms with Crippen molar-refractivity contribution in [3.05, 3.63) is 46.5 Å². The summed E-state index contributed by atoms with van der Waals surface area (Å²) < 4.78 is 0. The normalized spacial score (nSPS) is 43.2. The molecule has 0 heterocycles. The second-order valence-electron chi connectivity index (χ2n) is 15.2. The van der Waals surface area contributed by atoms with Crippen LogP contribution in [-0.2, 0) is 12.8 Å². The van der Waals surface area contributed by atoms with Gasteiger partial charge >= 0.3 is 0 Å². The van der Waals surface area contributed by atoms with Crippen LogP contribution < -0.4 is 0 Å². The number of fused-ring (bicyclic) bond motifs is 10. The fourth-order valence-electron chi connectivity index (χ4n) is 11.7. The summed E-state index contributed by atoms with van der Waals surface area (Å²) in [4.78, 5) is 0. The lowest BCUT2D eigenvalue weighted by molar-refractivity contribution is -0.0226. The highest BCUT2D eigenvalue weighted by Crippen LogP contribution is 2.63. The van der Waals surface area contributed by atoms with Crippen LogP contribution in [-0.4, -0.2) is 32.6 Å². The van der Waals surface area contributed by atoms with Gasteiger partial charge in [-0.3, -0.25) is 0 Å². The molecule has 0 spiro atoms. The number of phenolic OH excluding ortho intramolecular Hbond substituents is 2. The van der Waals surface area contributed by atoms with Crippen LogP contribution in [0.1, 0.15) is 112 Å². The molecule has 40 heavy (non-hydrogen) atoms. The number of phenols is 2. The van der Waals surface area contributed by atoms with E-state index in [-0.39, 0.29) is 28.8 Å². The molecule has 0 saturated heterocycles. The van der Waals surface area contributed by atoms with E-state index >= 15 is 0 Å². The summed E-state index contributed by atoms with van der Waals surface area (Å²) in [7, 11) is 0. The maximum atomic E-state index is 11.4. The lowest BCUT2D eigenvalue weighted by Crippen LogP contribution is -2.44. The van der Waals surface area contributed by atoms with Crippen molar-refractivity contribution in [2.24, 2.45) is 34.5 Å². The summed E-state index contributed by atoms with van der Waals surface area (Å²) in [6.45, 7) is 4.65. The highest BCUT2D eigenvalue weighted by Gasteiger charge is 2.56. The van der Waals surface area contributed by atoms with E-state index in [0.29, 0.717) is 41.3 Å². The summed E-state index contributed by atoms with van der Waals surface area (Å²) in [5, 5.41) is 44.4. The van der Waals surface area contributed by atoms with E-state index < -0.39 is 0 Å². The molecule has 214 valence electrons. The molecular weight excluding hydrogens is 496 g/mol. The minimum Gasteiger partial charge on any atom is -0.507 e. The molecular formula is C36H46O4. The zero-order chi connectivity index (χ0) is 27.6. The van der Waals surface area contributed by atoms with Gasteiger partial charge in [-0.05, 0) is 164 Å². The maximum absolute atomic E-state index is 11.4. The highest BCUT2D eigenvalue weighted by atomic mass is 16.3. The van der Waals surface area contributed by atoms with Crippen molar-refractivity contribution in [1.82, 2.24) is 0 Å². The molecule has 6 aliphatic carbocycles. The Kier molecular flexibility index (Phi) is 5.60. The second kappa shape index (κ2) is 8.74. The number of benzene rings is 2. The summed E-state index contributed by atoms with van der Waals surface area (Å²) in [6, 6.07) is 8.30. The summed E-state index contributed by atoms with van der Waals surface area (Å²) >= 11 is 0. The minimum absolute atomic E-state index is 0.0527. The molecule has 2 aromatic rings. The first-order valence-corrected chi connectivity index (χ1v) is 16.3. The standard InChI is InChI=1S/C36H46O4/c1-35-15-13-21-20-7-10-30(37)34(25(20)6-5-24(21)29(35)9-12-32(35)39)27-18-26-19(17-31(27)38)3-4-23-22(26)14-16-36(2)28(23)8-11-33(36)40/h7,10,17-18,21-24,28-29,32-33,37-40H,3-6,8-9,11-16H2,1-2H3/t21-,22+,23-,24-,28+,29+,32+,33+,35+,36+/m1/s1. The van der Waals surface area contributed by atoms with Gasteiger partial charge in [-0.25, -0.2) is 0 Å². The zero-order valence-electron chi connectivity index (χ0n) is 24.2. The molecule has 8 rings (SSSR count). The molecule has 4 fully saturated rings. The molecule has 0 unspecified atom stereocenters. The largest absolute Gasteiger partial charge is 0.507 e. The fourth-order valence-corrected chi connectivity index (χ4v) is 11.7. The molecule has 2 aromatic carbocycles. The van der Waals surface area contributed by atoms with E-state index in [1.807, 2.05) is 12.1 Å². The first-order chi connectivity index (χ1) is 19.2. The molecule has 4 saturated carbocycles. The molecule has 0 amide bonds. The Bertz CT molecular complexity index is 1370. The van der Waals surface area contributed by atoms with Crippen LogP contribution >= 0.6 is 0 Å². The van der Waals surface area contributed by atoms with Crippen LogP contribution in [0, 0.1) is 34.5 Å². The van der Waals surface area contributed by atoms with Crippen molar-refractivity contribution in [3.8, 4) is 22.6 Å². The number of aliphatic hydroxyl groups excluding tert-OH is 2. The van der Waals surface area contributed by atoms with Gasteiger partial charge in [-0.2, -0.15) is 0 Å². The molecule has 10 atom stereocenters. The average Bonchev–Trinajstić information content (AvgIpc) is 3.42. The first-order valence-electron chi connectivity index (χ1n) is 16.3. The lowest BCUT2D eigenvalue weighted by Gasteiger charge is -2.50. The van der Waals surface area contributed by atoms with E-state index in [1.54, 1.807) is 0 Å². The van der Waals surface area contributed by atoms with Crippen molar-refractivity contribution in [3.63, 3.8) is 0 Å². The number of aliphatic hydroxyl groups is 2. The van der Waals surface area contributed by atoms with E-state index in [2.05, 4.69) is 26.0 Å². The predicted octanol–water partition coefficient (Wildman–Crippen LogP) is 7.20. The van der Waals surface area contributed by atoms with Gasteiger partial charge in [0.1, 0.15) is 11.5 Å². The topological polar surface area (TPSA) is 80.9 Å². The van der Waals surface area contributed by atoms with Gasteiger partial charge in [-0.15, -0.1) is 0 Å². The van der Waals surface area contributed by atoms with Gasteiger partial charge in [0.25, 0.3) is 0 Å². The summed E-state index contributed by atoms with van der Waals surface area (Å²) in [5.41, 5.74) is 7.04. The van der Waals surface area contributed by atoms with Crippen LogP contribution in [0.2, 0.25) is 0 Å². The van der Waals surface area contributed by atoms with Gasteiger partial charge in [0.2, 0.25) is 0 Å². The molecule has 0 aromatic heterocycles. The van der Waals surface area contributed by atoms with Crippen molar-refractivity contribution in [1.29, 1.82) is 0 Å². The molecule has 6 aliphatic rings. The third-order valence-electron chi connectivity index (χ3n) is 13.9. The van der Waals surface area contributed by atoms with Crippen molar-refractivity contribution < 1.29 is 20.4 Å². The summed E-state index contributed by atoms with van der Waals surface area (Å²) in [5.74, 6) is 3.87. The number of rotatable bonds is 1. The quantitative estimate of drug-likeness (QED) is 0.307. The predicted molar refractivity (Wildman–Crippen MR) is 156 cm³/mol. The Morgan fingerprint density at radius 2 is 1.25 bits per heavy atom. The first kappa shape index (κ1) is 25.7. The average molecular weight is 543 g/mol. The van der Waals surface area contributed by atoms with Crippen LogP contribution in [0.25, 0.3) is 11.1 Å². The summed E-state index contributed by atoms with van der Waals surface area (Å²) in [6.07, 6.45) is 12.3. The van der Waals surface area contributed by atoms with Gasteiger partial charge in [0.05, 0.1) is 12.2 Å². The van der Waals surface area contributed by atoms with Crippen LogP contribution in [0.4, 0.5) is 0 Å². The lowest BCUT2D eigenvalue weighted by atomic mass is 9.55. The third kappa shape index (κ3) is 3.33. The van der Waals surface area contributed by atoms with Gasteiger partial charge in [-0.1, -0.05) is 19.9 Å². The smallest absolute Gasteiger partial charge is 0.123 e. The van der Waals surface area contributed by atoms with E-state index in [4.69, 9.17) is 0 Å². The third-order valence-corrected chi connectivity index (χ3v) is 13.9. The Morgan fingerprint density at radius 3 is 1.90 bits per heavy atom. The van der Waals surface area contributed by atoms with Gasteiger partial charge < -0.3 is 20.4 Å². The van der Waals surface area contributed by atoms with Crippen LogP contribution in [0.5, 0.6) is 11.5 Å². The monoisotopic (exact) mass is 542 g/mol. The SMILES string of the molecule is C[C@]12CC[C@@H]3c4cc(-c5c(O)ccc6c5CC[C@@H]5[C@@H]6CC[C@]6(C)[C@@H](O)CC[C@@H]56)c(O)cc4CC[C@H]3[C@@H]1CC[C@@H]2O. The second-order valence-corrected chi connectivity index (χ2v) is 15.2. The van der Waals surface area contributed by atoms with E-state index in [0.717, 1.165) is 88.2 Å². The maximum Gasteiger partial charge on any atom is 0.123 e. The van der Waals surface area contributed by atoms with E-state index in [1.165, 1.54) is 22.3 Å². The number of hydrogen-bond donors (Lipinski definition) is 4. The molecule has 4 nitrogen and oxygen atoms in total. The number of aryl methyl sites for hydroxylation is 1. The van der Waals surface area contributed by atoms with Crippen LogP contribution in [0.3, 0.4) is 0 Å². The fraction of sp³-hybridized carbons (Fsp3) is 0.667. The molecule has 0 radical (unpaired) electrons. The Morgan fingerprint density at radius 1 is 0.650 bits per heavy atom. The molecule has 0 aliphatic heterocycles. The van der Waals surface area contributed by atoms with Gasteiger partial charge in [0.15, 0.2) is 0 Å². The highest BCUT2D eigenvalue weighted by molar-refractivity contribution is 5.81. The zero-order valence-corrected chi connectivity index (χ0v) is 24.2. The minimum atomic E-state index is -0.170. The van der Waals surface area contributed by atoms with E-state index in [9.17, 15) is 20.4 Å².